The monoisotopic (exact) mass is 448 g/mol. The Hall–Kier alpha value is -3.57. The molecule has 164 valence electrons. The Bertz CT molecular complexity index is 1050. The molecule has 0 spiro atoms. The zero-order chi connectivity index (χ0) is 22.9. The first kappa shape index (κ1) is 23.7. The van der Waals surface area contributed by atoms with Crippen LogP contribution < -0.4 is 4.72 Å². The van der Waals surface area contributed by atoms with Gasteiger partial charge in [-0.3, -0.25) is 19.7 Å². The predicted molar refractivity (Wildman–Crippen MR) is 109 cm³/mol. The summed E-state index contributed by atoms with van der Waals surface area (Å²) in [4.78, 5) is 34.2. The number of carbonyl (C=O) groups excluding carboxylic acids is 2. The fourth-order valence-electron chi connectivity index (χ4n) is 2.46. The first-order valence-electron chi connectivity index (χ1n) is 8.97. The molecule has 0 heterocycles. The maximum Gasteiger partial charge on any atom is 0.325 e. The average Bonchev–Trinajstić information content (AvgIpc) is 2.76. The van der Waals surface area contributed by atoms with Crippen molar-refractivity contribution in [1.82, 2.24) is 4.72 Å². The molecule has 1 atom stereocenters. The van der Waals surface area contributed by atoms with Gasteiger partial charge in [-0.15, -0.1) is 0 Å². The number of benzene rings is 2. The number of sulfonamides is 1. The van der Waals surface area contributed by atoms with Gasteiger partial charge in [0.25, 0.3) is 5.69 Å². The Labute approximate surface area is 178 Å². The predicted octanol–water partition coefficient (Wildman–Crippen LogP) is 2.10. The lowest BCUT2D eigenvalue weighted by Crippen LogP contribution is -2.43. The number of nitrogens with one attached hydrogen (secondary N) is 1. The van der Waals surface area contributed by atoms with Crippen LogP contribution in [0.3, 0.4) is 0 Å². The second kappa shape index (κ2) is 11.0. The number of rotatable bonds is 11. The number of esters is 2. The Kier molecular flexibility index (Phi) is 8.41. The summed E-state index contributed by atoms with van der Waals surface area (Å²) in [5.41, 5.74) is 0.0157. The molecule has 1 N–H and O–H groups in total. The van der Waals surface area contributed by atoms with Crippen molar-refractivity contribution in [3.8, 4) is 0 Å². The fourth-order valence-corrected chi connectivity index (χ4v) is 3.82. The number of ether oxygens (including phenoxy) is 2. The van der Waals surface area contributed by atoms with Crippen LogP contribution in [0, 0.1) is 10.1 Å². The largest absolute Gasteiger partial charge is 0.461 e. The third-order valence-electron chi connectivity index (χ3n) is 3.89. The molecule has 0 unspecified atom stereocenters. The van der Waals surface area contributed by atoms with Gasteiger partial charge in [-0.1, -0.05) is 55.1 Å². The van der Waals surface area contributed by atoms with Gasteiger partial charge in [0.1, 0.15) is 19.3 Å². The smallest absolute Gasteiger partial charge is 0.325 e. The zero-order valence-electron chi connectivity index (χ0n) is 16.3. The third-order valence-corrected chi connectivity index (χ3v) is 5.41. The summed E-state index contributed by atoms with van der Waals surface area (Å²) in [5, 5.41) is 11.2. The summed E-state index contributed by atoms with van der Waals surface area (Å²) < 4.78 is 37.4. The van der Waals surface area contributed by atoms with Crippen LogP contribution in [0.25, 0.3) is 0 Å². The molecule has 0 saturated heterocycles. The molecule has 11 heteroatoms. The lowest BCUT2D eigenvalue weighted by Gasteiger charge is -2.17. The third kappa shape index (κ3) is 7.01. The minimum atomic E-state index is -4.54. The quantitative estimate of drug-likeness (QED) is 0.238. The summed E-state index contributed by atoms with van der Waals surface area (Å²) >= 11 is 0. The van der Waals surface area contributed by atoms with E-state index in [0.29, 0.717) is 5.56 Å². The minimum absolute atomic E-state index is 0.0784. The zero-order valence-corrected chi connectivity index (χ0v) is 17.1. The first-order valence-corrected chi connectivity index (χ1v) is 10.5. The summed E-state index contributed by atoms with van der Waals surface area (Å²) in [7, 11) is -4.54. The normalized spacial score (nSPS) is 11.9. The molecule has 2 aromatic rings. The number of nitrogens with zero attached hydrogens (tertiary/aromatic N) is 1. The molecular formula is C20H20N2O8S. The van der Waals surface area contributed by atoms with Crippen molar-refractivity contribution in [2.75, 3.05) is 6.61 Å². The molecule has 2 rings (SSSR count). The van der Waals surface area contributed by atoms with E-state index >= 15 is 0 Å². The van der Waals surface area contributed by atoms with Crippen molar-refractivity contribution in [2.45, 2.75) is 24.0 Å². The maximum atomic E-state index is 12.7. The van der Waals surface area contributed by atoms with Crippen molar-refractivity contribution in [1.29, 1.82) is 0 Å². The lowest BCUT2D eigenvalue weighted by atomic mass is 10.2. The fraction of sp³-hybridized carbons (Fsp3) is 0.200. The number of hydrogen-bond donors (Lipinski definition) is 1. The van der Waals surface area contributed by atoms with Crippen molar-refractivity contribution >= 4 is 27.6 Å². The van der Waals surface area contributed by atoms with Crippen molar-refractivity contribution in [3.05, 3.63) is 82.9 Å². The molecule has 2 aromatic carbocycles. The maximum absolute atomic E-state index is 12.7. The van der Waals surface area contributed by atoms with Crippen LogP contribution in [0.4, 0.5) is 5.69 Å². The van der Waals surface area contributed by atoms with Crippen LogP contribution in [-0.4, -0.2) is 37.9 Å². The Morgan fingerprint density at radius 1 is 1.10 bits per heavy atom. The lowest BCUT2D eigenvalue weighted by molar-refractivity contribution is -0.387. The van der Waals surface area contributed by atoms with E-state index in [9.17, 15) is 28.1 Å². The van der Waals surface area contributed by atoms with Crippen LogP contribution in [0.5, 0.6) is 0 Å². The Morgan fingerprint density at radius 2 is 1.74 bits per heavy atom. The topological polar surface area (TPSA) is 142 Å². The first-order chi connectivity index (χ1) is 14.7. The summed E-state index contributed by atoms with van der Waals surface area (Å²) in [5.74, 6) is -1.92. The molecule has 0 saturated carbocycles. The van der Waals surface area contributed by atoms with Crippen LogP contribution in [0.1, 0.15) is 12.0 Å². The molecule has 0 fully saturated rings. The number of nitro groups is 1. The molecule has 0 bridgehead atoms. The number of para-hydroxylation sites is 1. The van der Waals surface area contributed by atoms with E-state index in [1.54, 1.807) is 30.3 Å². The van der Waals surface area contributed by atoms with Crippen LogP contribution >= 0.6 is 0 Å². The minimum Gasteiger partial charge on any atom is -0.461 e. The second-order valence-corrected chi connectivity index (χ2v) is 7.85. The highest BCUT2D eigenvalue weighted by Gasteiger charge is 2.33. The van der Waals surface area contributed by atoms with E-state index in [0.717, 1.165) is 12.1 Å². The average molecular weight is 448 g/mol. The molecule has 31 heavy (non-hydrogen) atoms. The molecule has 0 aromatic heterocycles. The summed E-state index contributed by atoms with van der Waals surface area (Å²) in [6.45, 7) is 3.09. The van der Waals surface area contributed by atoms with Crippen molar-refractivity contribution < 1.29 is 32.4 Å². The van der Waals surface area contributed by atoms with Crippen LogP contribution in [0.2, 0.25) is 0 Å². The molecule has 0 aliphatic rings. The number of carbonyl (C=O) groups is 2. The van der Waals surface area contributed by atoms with Gasteiger partial charge in [0.15, 0.2) is 4.90 Å². The summed E-state index contributed by atoms with van der Waals surface area (Å²) in [6.07, 6.45) is 0.585. The number of nitro benzene ring substituents is 1. The van der Waals surface area contributed by atoms with Gasteiger partial charge < -0.3 is 9.47 Å². The molecular weight excluding hydrogens is 428 g/mol. The van der Waals surface area contributed by atoms with E-state index in [2.05, 4.69) is 6.58 Å². The molecule has 0 amide bonds. The highest BCUT2D eigenvalue weighted by atomic mass is 32.2. The van der Waals surface area contributed by atoms with E-state index in [1.165, 1.54) is 18.2 Å². The second-order valence-electron chi connectivity index (χ2n) is 6.17. The van der Waals surface area contributed by atoms with Crippen LogP contribution in [-0.2, 0) is 35.7 Å². The van der Waals surface area contributed by atoms with Crippen LogP contribution in [0.15, 0.2) is 72.1 Å². The Balaban J connectivity index is 2.19. The van der Waals surface area contributed by atoms with Gasteiger partial charge in [0.05, 0.1) is 11.3 Å². The van der Waals surface area contributed by atoms with Gasteiger partial charge in [-0.2, -0.15) is 4.72 Å². The van der Waals surface area contributed by atoms with E-state index in [1.807, 2.05) is 4.72 Å². The van der Waals surface area contributed by atoms with E-state index in [4.69, 9.17) is 9.47 Å². The SMILES string of the molecule is C=CCOC(=O)[C@@H](CC(=O)OCc1ccccc1)NS(=O)(=O)c1ccccc1[N+](=O)[O-]. The van der Waals surface area contributed by atoms with Gasteiger partial charge in [-0.25, -0.2) is 8.42 Å². The molecule has 0 radical (unpaired) electrons. The highest BCUT2D eigenvalue weighted by molar-refractivity contribution is 7.89. The van der Waals surface area contributed by atoms with Crippen molar-refractivity contribution in [3.63, 3.8) is 0 Å². The van der Waals surface area contributed by atoms with Gasteiger partial charge in [0.2, 0.25) is 10.0 Å². The molecule has 0 aliphatic heterocycles. The number of hydrogen-bond acceptors (Lipinski definition) is 8. The molecule has 10 nitrogen and oxygen atoms in total. The van der Waals surface area contributed by atoms with E-state index < -0.39 is 49.9 Å². The van der Waals surface area contributed by atoms with Gasteiger partial charge in [-0.05, 0) is 11.6 Å². The highest BCUT2D eigenvalue weighted by Crippen LogP contribution is 2.23. The molecule has 0 aliphatic carbocycles. The van der Waals surface area contributed by atoms with E-state index in [-0.39, 0.29) is 13.2 Å². The Morgan fingerprint density at radius 3 is 2.39 bits per heavy atom. The standard InChI is InChI=1S/C20H20N2O8S/c1-2-12-29-20(24)16(13-19(23)30-14-15-8-4-3-5-9-15)21-31(27,28)18-11-7-6-10-17(18)22(25)26/h2-11,16,21H,1,12-14H2/t16-/m1/s1. The van der Waals surface area contributed by atoms with Gasteiger partial charge >= 0.3 is 11.9 Å². The van der Waals surface area contributed by atoms with Crippen molar-refractivity contribution in [2.24, 2.45) is 0 Å². The van der Waals surface area contributed by atoms with Gasteiger partial charge in [0, 0.05) is 6.07 Å². The summed E-state index contributed by atoms with van der Waals surface area (Å²) in [6, 6.07) is 11.7.